The highest BCUT2D eigenvalue weighted by atomic mass is 79.9. The second kappa shape index (κ2) is 7.83. The number of benzene rings is 1. The molecule has 1 aromatic carbocycles. The standard InChI is InChI=1S/C15H19BrN4O/c1-17-15(20(2)11-14-8-10-21-19-14)18-9-7-12-3-5-13(16)6-4-12/h3-6,8,10H,7,9,11H2,1-2H3,(H,17,18). The average Bonchev–Trinajstić information content (AvgIpc) is 2.98. The largest absolute Gasteiger partial charge is 0.364 e. The van der Waals surface area contributed by atoms with Crippen LogP contribution in [-0.4, -0.2) is 36.7 Å². The van der Waals surface area contributed by atoms with Crippen LogP contribution in [0.4, 0.5) is 0 Å². The number of hydrogen-bond donors (Lipinski definition) is 1. The summed E-state index contributed by atoms with van der Waals surface area (Å²) < 4.78 is 5.94. The summed E-state index contributed by atoms with van der Waals surface area (Å²) >= 11 is 3.44. The minimum Gasteiger partial charge on any atom is -0.364 e. The van der Waals surface area contributed by atoms with Gasteiger partial charge < -0.3 is 14.7 Å². The van der Waals surface area contributed by atoms with Gasteiger partial charge in [-0.05, 0) is 24.1 Å². The normalized spacial score (nSPS) is 11.5. The van der Waals surface area contributed by atoms with Crippen molar-refractivity contribution in [1.29, 1.82) is 0 Å². The highest BCUT2D eigenvalue weighted by Gasteiger charge is 2.07. The maximum Gasteiger partial charge on any atom is 0.193 e. The molecule has 0 aliphatic carbocycles. The Kier molecular flexibility index (Phi) is 5.80. The second-order valence-electron chi connectivity index (χ2n) is 4.70. The SMILES string of the molecule is CN=C(NCCc1ccc(Br)cc1)N(C)Cc1ccon1. The maximum atomic E-state index is 4.84. The monoisotopic (exact) mass is 350 g/mol. The van der Waals surface area contributed by atoms with Gasteiger partial charge in [0.2, 0.25) is 0 Å². The van der Waals surface area contributed by atoms with Crippen LogP contribution in [0.25, 0.3) is 0 Å². The third kappa shape index (κ3) is 4.90. The molecule has 0 radical (unpaired) electrons. The minimum atomic E-state index is 0.661. The topological polar surface area (TPSA) is 53.7 Å². The predicted molar refractivity (Wildman–Crippen MR) is 87.2 cm³/mol. The van der Waals surface area contributed by atoms with E-state index in [1.54, 1.807) is 13.3 Å². The van der Waals surface area contributed by atoms with Gasteiger partial charge in [-0.1, -0.05) is 33.2 Å². The van der Waals surface area contributed by atoms with Crippen LogP contribution in [0.5, 0.6) is 0 Å². The van der Waals surface area contributed by atoms with Crippen LogP contribution in [0, 0.1) is 0 Å². The molecule has 21 heavy (non-hydrogen) atoms. The van der Waals surface area contributed by atoms with E-state index in [1.165, 1.54) is 5.56 Å². The van der Waals surface area contributed by atoms with Crippen molar-refractivity contribution in [2.24, 2.45) is 4.99 Å². The smallest absolute Gasteiger partial charge is 0.193 e. The van der Waals surface area contributed by atoms with Crippen molar-refractivity contribution in [3.63, 3.8) is 0 Å². The van der Waals surface area contributed by atoms with Crippen LogP contribution in [-0.2, 0) is 13.0 Å². The second-order valence-corrected chi connectivity index (χ2v) is 5.61. The molecule has 6 heteroatoms. The Morgan fingerprint density at radius 3 is 2.71 bits per heavy atom. The fourth-order valence-corrected chi connectivity index (χ4v) is 2.26. The summed E-state index contributed by atoms with van der Waals surface area (Å²) in [7, 11) is 3.75. The number of hydrogen-bond acceptors (Lipinski definition) is 3. The maximum absolute atomic E-state index is 4.84. The molecule has 0 unspecified atom stereocenters. The van der Waals surface area contributed by atoms with Crippen molar-refractivity contribution in [2.45, 2.75) is 13.0 Å². The van der Waals surface area contributed by atoms with E-state index in [0.29, 0.717) is 6.54 Å². The first kappa shape index (κ1) is 15.6. The van der Waals surface area contributed by atoms with E-state index < -0.39 is 0 Å². The molecule has 0 aliphatic heterocycles. The molecule has 0 spiro atoms. The zero-order valence-corrected chi connectivity index (χ0v) is 13.8. The lowest BCUT2D eigenvalue weighted by Crippen LogP contribution is -2.39. The molecular formula is C15H19BrN4O. The van der Waals surface area contributed by atoms with Crippen molar-refractivity contribution in [1.82, 2.24) is 15.4 Å². The Morgan fingerprint density at radius 1 is 1.33 bits per heavy atom. The molecule has 112 valence electrons. The number of nitrogens with one attached hydrogen (secondary N) is 1. The van der Waals surface area contributed by atoms with Gasteiger partial charge in [-0.3, -0.25) is 4.99 Å². The molecule has 1 heterocycles. The van der Waals surface area contributed by atoms with E-state index in [2.05, 4.69) is 55.7 Å². The quantitative estimate of drug-likeness (QED) is 0.665. The Balaban J connectivity index is 1.81. The molecule has 0 aliphatic rings. The molecule has 1 N–H and O–H groups in total. The van der Waals surface area contributed by atoms with Crippen LogP contribution in [0.1, 0.15) is 11.3 Å². The lowest BCUT2D eigenvalue weighted by molar-refractivity contribution is 0.391. The van der Waals surface area contributed by atoms with Crippen LogP contribution in [0.15, 0.2) is 50.6 Å². The number of guanidine groups is 1. The number of nitrogens with zero attached hydrogens (tertiary/aromatic N) is 3. The van der Waals surface area contributed by atoms with E-state index in [4.69, 9.17) is 4.52 Å². The van der Waals surface area contributed by atoms with Gasteiger partial charge in [0.25, 0.3) is 0 Å². The van der Waals surface area contributed by atoms with Crippen LogP contribution < -0.4 is 5.32 Å². The van der Waals surface area contributed by atoms with E-state index in [-0.39, 0.29) is 0 Å². The first-order valence-corrected chi connectivity index (χ1v) is 7.54. The van der Waals surface area contributed by atoms with E-state index >= 15 is 0 Å². The van der Waals surface area contributed by atoms with Gasteiger partial charge >= 0.3 is 0 Å². The summed E-state index contributed by atoms with van der Waals surface area (Å²) in [5.74, 6) is 0.843. The van der Waals surface area contributed by atoms with Gasteiger partial charge in [-0.25, -0.2) is 0 Å². The van der Waals surface area contributed by atoms with Crippen LogP contribution >= 0.6 is 15.9 Å². The number of halogens is 1. The summed E-state index contributed by atoms with van der Waals surface area (Å²) in [5.41, 5.74) is 2.17. The molecule has 1 aromatic heterocycles. The zero-order chi connectivity index (χ0) is 15.1. The molecule has 0 atom stereocenters. The van der Waals surface area contributed by atoms with E-state index in [9.17, 15) is 0 Å². The molecule has 0 fully saturated rings. The van der Waals surface area contributed by atoms with Crippen LogP contribution in [0.3, 0.4) is 0 Å². The van der Waals surface area contributed by atoms with Gasteiger partial charge in [-0.2, -0.15) is 0 Å². The van der Waals surface area contributed by atoms with Crippen molar-refractivity contribution >= 4 is 21.9 Å². The van der Waals surface area contributed by atoms with Crippen molar-refractivity contribution in [3.8, 4) is 0 Å². The van der Waals surface area contributed by atoms with Crippen molar-refractivity contribution in [2.75, 3.05) is 20.6 Å². The summed E-state index contributed by atoms with van der Waals surface area (Å²) in [6.07, 6.45) is 2.52. The molecule has 0 bridgehead atoms. The van der Waals surface area contributed by atoms with E-state index in [1.807, 2.05) is 18.0 Å². The van der Waals surface area contributed by atoms with Crippen molar-refractivity contribution in [3.05, 3.63) is 52.3 Å². The number of aliphatic imine (C=N–C) groups is 1. The van der Waals surface area contributed by atoms with Gasteiger partial charge in [0, 0.05) is 31.2 Å². The first-order chi connectivity index (χ1) is 10.2. The molecule has 2 aromatic rings. The van der Waals surface area contributed by atoms with Gasteiger partial charge in [-0.15, -0.1) is 0 Å². The predicted octanol–water partition coefficient (Wildman–Crippen LogP) is 2.69. The molecule has 2 rings (SSSR count). The highest BCUT2D eigenvalue weighted by Crippen LogP contribution is 2.10. The molecule has 0 saturated heterocycles. The number of aromatic nitrogens is 1. The molecule has 0 amide bonds. The van der Waals surface area contributed by atoms with Crippen LogP contribution in [0.2, 0.25) is 0 Å². The summed E-state index contributed by atoms with van der Waals surface area (Å²) in [6, 6.07) is 10.2. The van der Waals surface area contributed by atoms with Gasteiger partial charge in [0.05, 0.1) is 6.54 Å². The third-order valence-electron chi connectivity index (χ3n) is 3.07. The highest BCUT2D eigenvalue weighted by molar-refractivity contribution is 9.10. The average molecular weight is 351 g/mol. The molecule has 0 saturated carbocycles. The molecule has 5 nitrogen and oxygen atoms in total. The first-order valence-electron chi connectivity index (χ1n) is 6.74. The Hall–Kier alpha value is -1.82. The van der Waals surface area contributed by atoms with Gasteiger partial charge in [0.15, 0.2) is 5.96 Å². The minimum absolute atomic E-state index is 0.661. The number of rotatable bonds is 5. The van der Waals surface area contributed by atoms with Gasteiger partial charge in [0.1, 0.15) is 12.0 Å². The van der Waals surface area contributed by atoms with Crippen molar-refractivity contribution < 1.29 is 4.52 Å². The zero-order valence-electron chi connectivity index (χ0n) is 12.2. The summed E-state index contributed by atoms with van der Waals surface area (Å²) in [6.45, 7) is 1.49. The fraction of sp³-hybridized carbons (Fsp3) is 0.333. The Bertz CT molecular complexity index is 566. The lowest BCUT2D eigenvalue weighted by Gasteiger charge is -2.20. The Labute approximate surface area is 133 Å². The lowest BCUT2D eigenvalue weighted by atomic mass is 10.1. The van der Waals surface area contributed by atoms with E-state index in [0.717, 1.165) is 29.1 Å². The molecular weight excluding hydrogens is 332 g/mol. The summed E-state index contributed by atoms with van der Waals surface area (Å²) in [5, 5.41) is 7.26. The fourth-order valence-electron chi connectivity index (χ4n) is 1.99. The summed E-state index contributed by atoms with van der Waals surface area (Å²) in [4.78, 5) is 6.29. The third-order valence-corrected chi connectivity index (χ3v) is 3.60. The Morgan fingerprint density at radius 2 is 2.10 bits per heavy atom.